The van der Waals surface area contributed by atoms with Gasteiger partial charge in [0.15, 0.2) is 0 Å². The lowest BCUT2D eigenvalue weighted by atomic mass is 9.94. The fraction of sp³-hybridized carbons (Fsp3) is 0.411. The number of aryl methyl sites for hydroxylation is 2. The molecule has 1 aliphatic heterocycles. The van der Waals surface area contributed by atoms with Crippen LogP contribution in [0.15, 0.2) is 114 Å². The quantitative estimate of drug-likeness (QED) is 0.0771. The summed E-state index contributed by atoms with van der Waals surface area (Å²) in [6.07, 6.45) is 4.95. The van der Waals surface area contributed by atoms with E-state index in [-0.39, 0.29) is 54.9 Å². The summed E-state index contributed by atoms with van der Waals surface area (Å²) in [5, 5.41) is 57.7. The summed E-state index contributed by atoms with van der Waals surface area (Å²) in [4.78, 5) is 122. The van der Waals surface area contributed by atoms with E-state index in [0.717, 1.165) is 5.56 Å². The lowest BCUT2D eigenvalue weighted by Crippen LogP contribution is -2.56. The summed E-state index contributed by atoms with van der Waals surface area (Å²) in [6.45, 7) is 7.91. The Morgan fingerprint density at radius 2 is 1.22 bits per heavy atom. The van der Waals surface area contributed by atoms with Gasteiger partial charge >= 0.3 is 11.9 Å². The normalized spacial score (nSPS) is 23.6. The van der Waals surface area contributed by atoms with Crippen LogP contribution in [0.25, 0.3) is 0 Å². The first-order valence-electron chi connectivity index (χ1n) is 25.3. The van der Waals surface area contributed by atoms with Crippen LogP contribution in [-0.4, -0.2) is 123 Å². The van der Waals surface area contributed by atoms with Crippen LogP contribution < -0.4 is 37.2 Å². The molecule has 9 atom stereocenters. The van der Waals surface area contributed by atoms with Gasteiger partial charge in [-0.25, -0.2) is 9.59 Å². The number of hydrogen-bond donors (Lipinski definition) is 11. The molecule has 4 rings (SSSR count). The van der Waals surface area contributed by atoms with Gasteiger partial charge in [-0.1, -0.05) is 98.3 Å². The topological polar surface area (TPSA) is 328 Å². The molecule has 21 nitrogen and oxygen atoms in total. The summed E-state index contributed by atoms with van der Waals surface area (Å²) in [7, 11) is 1.61. The first-order valence-corrected chi connectivity index (χ1v) is 25.3. The number of carbonyl (C=O) groups excluding carboxylic acids is 7. The van der Waals surface area contributed by atoms with Crippen molar-refractivity contribution in [3.05, 3.63) is 131 Å². The maximum absolute atomic E-state index is 14.5. The number of phenolic OH excluding ortho intramolecular Hbond substituents is 2. The molecule has 3 aromatic rings. The number of phenols is 2. The van der Waals surface area contributed by atoms with Gasteiger partial charge in [0.1, 0.15) is 47.4 Å². The molecule has 0 bridgehead atoms. The van der Waals surface area contributed by atoms with Crippen molar-refractivity contribution in [1.82, 2.24) is 37.2 Å². The van der Waals surface area contributed by atoms with E-state index in [9.17, 15) is 63.6 Å². The van der Waals surface area contributed by atoms with E-state index in [1.165, 1.54) is 57.2 Å². The average molecular weight is 1070 g/mol. The Bertz CT molecular complexity index is 2640. The molecule has 1 aliphatic rings. The van der Waals surface area contributed by atoms with Crippen molar-refractivity contribution in [3.8, 4) is 11.5 Å². The second-order valence-electron chi connectivity index (χ2n) is 19.0. The lowest BCUT2D eigenvalue weighted by Gasteiger charge is -2.27. The monoisotopic (exact) mass is 1070 g/mol. The fourth-order valence-electron chi connectivity index (χ4n) is 8.27. The van der Waals surface area contributed by atoms with Gasteiger partial charge in [-0.15, -0.1) is 0 Å². The lowest BCUT2D eigenvalue weighted by molar-refractivity contribution is -0.144. The first kappa shape index (κ1) is 61.2. The number of carboxylic acid groups (broad SMARTS) is 2. The molecule has 0 radical (unpaired) electrons. The number of allylic oxidation sites excluding steroid dienone is 3. The van der Waals surface area contributed by atoms with Crippen molar-refractivity contribution < 1.29 is 68.3 Å². The number of rotatable bonds is 15. The van der Waals surface area contributed by atoms with Gasteiger partial charge in [0, 0.05) is 19.4 Å². The van der Waals surface area contributed by atoms with Gasteiger partial charge in [0.25, 0.3) is 5.91 Å². The van der Waals surface area contributed by atoms with Crippen LogP contribution in [0.5, 0.6) is 11.5 Å². The summed E-state index contributed by atoms with van der Waals surface area (Å²) in [5.74, 6) is -10.8. The molecule has 1 fully saturated rings. The van der Waals surface area contributed by atoms with Crippen molar-refractivity contribution in [2.75, 3.05) is 7.11 Å². The Hall–Kier alpha value is -8.33. The highest BCUT2D eigenvalue weighted by atomic mass is 16.5. The van der Waals surface area contributed by atoms with E-state index in [1.807, 2.05) is 43.3 Å². The highest BCUT2D eigenvalue weighted by Gasteiger charge is 2.34. The van der Waals surface area contributed by atoms with Crippen LogP contribution in [0, 0.1) is 11.8 Å². The van der Waals surface area contributed by atoms with Crippen LogP contribution in [0.3, 0.4) is 0 Å². The number of aromatic hydroxyl groups is 2. The summed E-state index contributed by atoms with van der Waals surface area (Å²) >= 11 is 0. The predicted molar refractivity (Wildman–Crippen MR) is 283 cm³/mol. The van der Waals surface area contributed by atoms with Crippen LogP contribution in [0.4, 0.5) is 0 Å². The smallest absolute Gasteiger partial charge is 0.326 e. The van der Waals surface area contributed by atoms with Gasteiger partial charge in [0.2, 0.25) is 35.4 Å². The van der Waals surface area contributed by atoms with Gasteiger partial charge in [-0.3, -0.25) is 33.6 Å². The standard InChI is InChI=1S/C56H71N7O14/c1-7-41-52(70)57-35(5)51(69)61-44(26-19-37-16-22-40(65)23-17-37)54(72)63-46(56(75)76)31-49(67)59-43(25-18-36-14-20-39(64)21-15-36)53(71)60-42(34(4)50(68)62-45(55(73)74)27-28-48(66)58-41)24-13-32(2)29-33(3)47(77-6)30-38-11-9-8-10-12-38/h7-17,20-24,29,33-35,42-47,64-65H,18-19,25-28,30-31H2,1-6H3,(H,57,70)(H,58,66)(H,59,67)(H,60,71)(H,61,69)(H,62,68)(H,63,72)(H,73,74)(H,75,76)/b24-13+,32-29+,41-7+/t33-,34-,35+,42-,43-,44-,45+,46+,47-/m0/s1. The molecular formula is C56H71N7O14. The highest BCUT2D eigenvalue weighted by molar-refractivity contribution is 6.00. The number of benzene rings is 3. The minimum absolute atomic E-state index is 0.0222. The molecule has 77 heavy (non-hydrogen) atoms. The summed E-state index contributed by atoms with van der Waals surface area (Å²) < 4.78 is 5.83. The highest BCUT2D eigenvalue weighted by Crippen LogP contribution is 2.19. The molecule has 0 spiro atoms. The number of nitrogens with one attached hydrogen (secondary N) is 7. The van der Waals surface area contributed by atoms with Gasteiger partial charge < -0.3 is 62.4 Å². The Morgan fingerprint density at radius 1 is 0.675 bits per heavy atom. The van der Waals surface area contributed by atoms with E-state index in [2.05, 4.69) is 37.2 Å². The molecular weight excluding hydrogens is 995 g/mol. The van der Waals surface area contributed by atoms with E-state index in [4.69, 9.17) is 4.74 Å². The zero-order chi connectivity index (χ0) is 56.8. The number of aliphatic carboxylic acids is 2. The average Bonchev–Trinajstić information content (AvgIpc) is 3.39. The van der Waals surface area contributed by atoms with Crippen molar-refractivity contribution in [1.29, 1.82) is 0 Å². The SMILES string of the molecule is C/C=C1/NC(=O)CC[C@H](C(=O)O)NC(=O)[C@@H](C)[C@H](/C=C/C(C)=C/[C@H](C)[C@H](Cc2ccccc2)OC)NC(=O)[C@H](CCc2ccc(O)cc2)NC(=O)C[C@H](C(=O)O)NC(=O)[C@H](CCc2ccc(O)cc2)NC(=O)[C@@H](C)NC1=O. The van der Waals surface area contributed by atoms with E-state index in [1.54, 1.807) is 44.4 Å². The third-order valence-corrected chi connectivity index (χ3v) is 13.0. The zero-order valence-corrected chi connectivity index (χ0v) is 44.0. The van der Waals surface area contributed by atoms with E-state index >= 15 is 0 Å². The summed E-state index contributed by atoms with van der Waals surface area (Å²) in [5.41, 5.74) is 2.73. The van der Waals surface area contributed by atoms with Gasteiger partial charge in [0.05, 0.1) is 24.5 Å². The molecule has 0 aliphatic carbocycles. The van der Waals surface area contributed by atoms with Crippen molar-refractivity contribution in [3.63, 3.8) is 0 Å². The van der Waals surface area contributed by atoms with Gasteiger partial charge in [-0.2, -0.15) is 0 Å². The largest absolute Gasteiger partial charge is 0.508 e. The van der Waals surface area contributed by atoms with Crippen LogP contribution in [0.1, 0.15) is 83.4 Å². The second-order valence-corrected chi connectivity index (χ2v) is 19.0. The number of hydrogen-bond acceptors (Lipinski definition) is 12. The van der Waals surface area contributed by atoms with Crippen molar-refractivity contribution >= 4 is 53.3 Å². The van der Waals surface area contributed by atoms with E-state index < -0.39 is 115 Å². The maximum Gasteiger partial charge on any atom is 0.326 e. The number of amides is 7. The van der Waals surface area contributed by atoms with E-state index in [0.29, 0.717) is 23.1 Å². The molecule has 7 amide bonds. The molecule has 0 saturated carbocycles. The molecule has 0 aromatic heterocycles. The molecule has 3 aromatic carbocycles. The number of carbonyl (C=O) groups is 9. The molecule has 1 heterocycles. The fourth-order valence-corrected chi connectivity index (χ4v) is 8.27. The Balaban J connectivity index is 1.75. The second kappa shape index (κ2) is 30.3. The zero-order valence-electron chi connectivity index (χ0n) is 44.0. The molecule has 1 saturated heterocycles. The number of carboxylic acids is 2. The number of methoxy groups -OCH3 is 1. The Morgan fingerprint density at radius 3 is 1.77 bits per heavy atom. The van der Waals surface area contributed by atoms with Gasteiger partial charge in [-0.05, 0) is 100 Å². The number of ether oxygens (including phenoxy) is 1. The first-order chi connectivity index (χ1) is 36.6. The third kappa shape index (κ3) is 20.4. The maximum atomic E-state index is 14.5. The third-order valence-electron chi connectivity index (χ3n) is 13.0. The Kier molecular flexibility index (Phi) is 24.1. The minimum Gasteiger partial charge on any atom is -0.508 e. The molecule has 11 N–H and O–H groups in total. The van der Waals surface area contributed by atoms with Crippen LogP contribution in [-0.2, 0) is 67.2 Å². The van der Waals surface area contributed by atoms with Crippen molar-refractivity contribution in [2.24, 2.45) is 11.8 Å². The van der Waals surface area contributed by atoms with Crippen molar-refractivity contribution in [2.45, 2.75) is 128 Å². The minimum atomic E-state index is -1.91. The van der Waals surface area contributed by atoms with Crippen LogP contribution >= 0.6 is 0 Å². The Labute approximate surface area is 447 Å². The molecule has 0 unspecified atom stereocenters. The predicted octanol–water partition coefficient (Wildman–Crippen LogP) is 3.00. The molecule has 414 valence electrons. The summed E-state index contributed by atoms with van der Waals surface area (Å²) in [6, 6.07) is 12.8. The molecule has 21 heteroatoms. The van der Waals surface area contributed by atoms with Crippen LogP contribution in [0.2, 0.25) is 0 Å².